The summed E-state index contributed by atoms with van der Waals surface area (Å²) in [6.07, 6.45) is 4.02. The van der Waals surface area contributed by atoms with Crippen molar-refractivity contribution in [3.05, 3.63) is 18.3 Å². The van der Waals surface area contributed by atoms with Gasteiger partial charge in [-0.1, -0.05) is 0 Å². The van der Waals surface area contributed by atoms with Gasteiger partial charge in [-0.25, -0.2) is 4.98 Å². The van der Waals surface area contributed by atoms with E-state index in [1.165, 1.54) is 0 Å². The quantitative estimate of drug-likeness (QED) is 0.757. The highest BCUT2D eigenvalue weighted by molar-refractivity contribution is 6.21. The van der Waals surface area contributed by atoms with E-state index < -0.39 is 0 Å². The Balaban J connectivity index is 1.99. The first-order valence-electron chi connectivity index (χ1n) is 5.55. The lowest BCUT2D eigenvalue weighted by Crippen LogP contribution is -2.35. The lowest BCUT2D eigenvalue weighted by molar-refractivity contribution is 0.327. The molecule has 0 aromatic carbocycles. The molecule has 1 aliphatic carbocycles. The molecular formula is C12H17ClN2O. The predicted molar refractivity (Wildman–Crippen MR) is 66.4 cm³/mol. The number of methoxy groups -OCH3 is 1. The van der Waals surface area contributed by atoms with Gasteiger partial charge in [0.1, 0.15) is 0 Å². The van der Waals surface area contributed by atoms with E-state index in [0.29, 0.717) is 11.3 Å². The van der Waals surface area contributed by atoms with Crippen LogP contribution in [-0.2, 0) is 0 Å². The summed E-state index contributed by atoms with van der Waals surface area (Å²) >= 11 is 5.97. The van der Waals surface area contributed by atoms with E-state index >= 15 is 0 Å². The van der Waals surface area contributed by atoms with Crippen LogP contribution >= 0.6 is 11.6 Å². The lowest BCUT2D eigenvalue weighted by atomic mass is 9.84. The van der Waals surface area contributed by atoms with E-state index in [0.717, 1.165) is 31.0 Å². The second-order valence-electron chi connectivity index (χ2n) is 4.34. The summed E-state index contributed by atoms with van der Waals surface area (Å²) in [5.74, 6) is 2.42. The first-order valence-corrected chi connectivity index (χ1v) is 5.98. The van der Waals surface area contributed by atoms with Gasteiger partial charge in [0.05, 0.1) is 7.11 Å². The minimum atomic E-state index is 0.379. The number of pyridine rings is 1. The first-order chi connectivity index (χ1) is 7.70. The topological polar surface area (TPSA) is 25.4 Å². The number of rotatable bonds is 4. The molecule has 0 saturated heterocycles. The first kappa shape index (κ1) is 11.5. The zero-order valence-electron chi connectivity index (χ0n) is 9.69. The maximum absolute atomic E-state index is 5.97. The molecule has 0 amide bonds. The fraction of sp³-hybridized carbons (Fsp3) is 0.583. The van der Waals surface area contributed by atoms with Crippen molar-refractivity contribution in [2.24, 2.45) is 5.92 Å². The summed E-state index contributed by atoms with van der Waals surface area (Å²) in [6.45, 7) is 0.997. The van der Waals surface area contributed by atoms with Gasteiger partial charge in [-0.3, -0.25) is 0 Å². The summed E-state index contributed by atoms with van der Waals surface area (Å²) in [5.41, 5.74) is 0. The van der Waals surface area contributed by atoms with Crippen LogP contribution in [0.1, 0.15) is 12.8 Å². The average Bonchev–Trinajstić information content (AvgIpc) is 2.27. The van der Waals surface area contributed by atoms with Crippen molar-refractivity contribution >= 4 is 17.4 Å². The van der Waals surface area contributed by atoms with Crippen LogP contribution in [0.4, 0.5) is 5.82 Å². The third-order valence-electron chi connectivity index (χ3n) is 3.04. The average molecular weight is 241 g/mol. The molecule has 88 valence electrons. The highest BCUT2D eigenvalue weighted by Crippen LogP contribution is 2.34. The molecular weight excluding hydrogens is 224 g/mol. The molecule has 0 radical (unpaired) electrons. The Morgan fingerprint density at radius 1 is 1.56 bits per heavy atom. The van der Waals surface area contributed by atoms with Crippen LogP contribution in [0.5, 0.6) is 5.75 Å². The monoisotopic (exact) mass is 240 g/mol. The van der Waals surface area contributed by atoms with Gasteiger partial charge in [-0.2, -0.15) is 0 Å². The zero-order chi connectivity index (χ0) is 11.5. The molecule has 1 aliphatic rings. The zero-order valence-corrected chi connectivity index (χ0v) is 10.4. The van der Waals surface area contributed by atoms with Crippen LogP contribution in [0.2, 0.25) is 0 Å². The van der Waals surface area contributed by atoms with Gasteiger partial charge in [-0.05, 0) is 30.9 Å². The molecule has 2 rings (SSSR count). The summed E-state index contributed by atoms with van der Waals surface area (Å²) in [7, 11) is 3.72. The molecule has 3 nitrogen and oxygen atoms in total. The number of hydrogen-bond acceptors (Lipinski definition) is 3. The molecule has 0 aliphatic heterocycles. The maximum atomic E-state index is 5.97. The highest BCUT2D eigenvalue weighted by atomic mass is 35.5. The smallest absolute Gasteiger partial charge is 0.171 e. The summed E-state index contributed by atoms with van der Waals surface area (Å²) in [6, 6.07) is 3.82. The summed E-state index contributed by atoms with van der Waals surface area (Å²) in [5, 5.41) is 0.379. The molecule has 0 bridgehead atoms. The molecule has 0 spiro atoms. The minimum absolute atomic E-state index is 0.379. The molecule has 0 unspecified atom stereocenters. The van der Waals surface area contributed by atoms with Crippen molar-refractivity contribution in [2.75, 3.05) is 25.6 Å². The predicted octanol–water partition coefficient (Wildman–Crippen LogP) is 2.54. The van der Waals surface area contributed by atoms with Gasteiger partial charge in [-0.15, -0.1) is 11.6 Å². The number of anilines is 1. The Kier molecular flexibility index (Phi) is 3.54. The maximum Gasteiger partial charge on any atom is 0.171 e. The third kappa shape index (κ3) is 2.40. The van der Waals surface area contributed by atoms with Gasteiger partial charge in [0.25, 0.3) is 0 Å². The summed E-state index contributed by atoms with van der Waals surface area (Å²) < 4.78 is 5.29. The van der Waals surface area contributed by atoms with Crippen LogP contribution in [0.3, 0.4) is 0 Å². The van der Waals surface area contributed by atoms with E-state index in [1.807, 2.05) is 19.2 Å². The molecule has 1 aromatic rings. The fourth-order valence-electron chi connectivity index (χ4n) is 2.11. The van der Waals surface area contributed by atoms with Crippen LogP contribution < -0.4 is 9.64 Å². The fourth-order valence-corrected chi connectivity index (χ4v) is 2.61. The molecule has 0 atom stereocenters. The van der Waals surface area contributed by atoms with Crippen molar-refractivity contribution < 1.29 is 4.74 Å². The van der Waals surface area contributed by atoms with Gasteiger partial charge in [0.15, 0.2) is 11.6 Å². The van der Waals surface area contributed by atoms with Crippen molar-refractivity contribution in [3.8, 4) is 5.75 Å². The number of hydrogen-bond donors (Lipinski definition) is 0. The molecule has 1 saturated carbocycles. The number of nitrogens with zero attached hydrogens (tertiary/aromatic N) is 2. The SMILES string of the molecule is COc1cccnc1N(C)CC1CC(Cl)C1. The molecule has 1 heterocycles. The van der Waals surface area contributed by atoms with E-state index in [1.54, 1.807) is 13.3 Å². The van der Waals surface area contributed by atoms with Crippen LogP contribution in [0.15, 0.2) is 18.3 Å². The molecule has 1 fully saturated rings. The van der Waals surface area contributed by atoms with E-state index in [9.17, 15) is 0 Å². The second-order valence-corrected chi connectivity index (χ2v) is 4.96. The van der Waals surface area contributed by atoms with Crippen LogP contribution in [-0.4, -0.2) is 31.1 Å². The van der Waals surface area contributed by atoms with Crippen molar-refractivity contribution in [3.63, 3.8) is 0 Å². The largest absolute Gasteiger partial charge is 0.493 e. The van der Waals surface area contributed by atoms with Gasteiger partial charge < -0.3 is 9.64 Å². The molecule has 1 aromatic heterocycles. The van der Waals surface area contributed by atoms with Crippen molar-refractivity contribution in [2.45, 2.75) is 18.2 Å². The normalized spacial score (nSPS) is 23.7. The number of alkyl halides is 1. The van der Waals surface area contributed by atoms with Crippen LogP contribution in [0, 0.1) is 5.92 Å². The number of ether oxygens (including phenoxy) is 1. The minimum Gasteiger partial charge on any atom is -0.493 e. The Bertz CT molecular complexity index is 353. The highest BCUT2D eigenvalue weighted by Gasteiger charge is 2.28. The lowest BCUT2D eigenvalue weighted by Gasteiger charge is -2.34. The van der Waals surface area contributed by atoms with Gasteiger partial charge in [0.2, 0.25) is 0 Å². The molecule has 4 heteroatoms. The second kappa shape index (κ2) is 4.91. The van der Waals surface area contributed by atoms with Crippen molar-refractivity contribution in [1.29, 1.82) is 0 Å². The van der Waals surface area contributed by atoms with E-state index in [-0.39, 0.29) is 0 Å². The Hall–Kier alpha value is -0.960. The number of aromatic nitrogens is 1. The van der Waals surface area contributed by atoms with Crippen molar-refractivity contribution in [1.82, 2.24) is 4.98 Å². The molecule has 16 heavy (non-hydrogen) atoms. The Morgan fingerprint density at radius 3 is 2.94 bits per heavy atom. The molecule has 0 N–H and O–H groups in total. The number of halogens is 1. The standard InChI is InChI=1S/C12H17ClN2O/c1-15(8-9-6-10(13)7-9)12-11(16-2)4-3-5-14-12/h3-5,9-10H,6-8H2,1-2H3. The Labute approximate surface area is 101 Å². The van der Waals surface area contributed by atoms with Crippen LogP contribution in [0.25, 0.3) is 0 Å². The van der Waals surface area contributed by atoms with Gasteiger partial charge in [0, 0.05) is 25.2 Å². The Morgan fingerprint density at radius 2 is 2.31 bits per heavy atom. The third-order valence-corrected chi connectivity index (χ3v) is 3.40. The van der Waals surface area contributed by atoms with Gasteiger partial charge >= 0.3 is 0 Å². The van der Waals surface area contributed by atoms with E-state index in [4.69, 9.17) is 16.3 Å². The van der Waals surface area contributed by atoms with E-state index in [2.05, 4.69) is 9.88 Å². The summed E-state index contributed by atoms with van der Waals surface area (Å²) in [4.78, 5) is 6.49.